The van der Waals surface area contributed by atoms with Gasteiger partial charge in [-0.25, -0.2) is 0 Å². The quantitative estimate of drug-likeness (QED) is 0.677. The predicted octanol–water partition coefficient (Wildman–Crippen LogP) is 3.86. The second-order valence-electron chi connectivity index (χ2n) is 8.02. The minimum absolute atomic E-state index is 0.0487. The van der Waals surface area contributed by atoms with E-state index in [-0.39, 0.29) is 16.6 Å². The summed E-state index contributed by atoms with van der Waals surface area (Å²) in [5.41, 5.74) is 1.35. The molecule has 0 heterocycles. The fourth-order valence-corrected chi connectivity index (χ4v) is 5.97. The Hall–Kier alpha value is -1.18. The summed E-state index contributed by atoms with van der Waals surface area (Å²) in [4.78, 5) is 24.0. The van der Waals surface area contributed by atoms with Crippen molar-refractivity contribution in [3.8, 4) is 0 Å². The Morgan fingerprint density at radius 1 is 1.05 bits per heavy atom. The second-order valence-corrected chi connectivity index (χ2v) is 8.02. The van der Waals surface area contributed by atoms with Crippen LogP contribution in [-0.4, -0.2) is 11.6 Å². The van der Waals surface area contributed by atoms with E-state index in [1.807, 2.05) is 6.08 Å². The van der Waals surface area contributed by atoms with E-state index in [1.54, 1.807) is 6.08 Å². The van der Waals surface area contributed by atoms with Crippen molar-refractivity contribution in [2.24, 2.45) is 28.6 Å². The third-order valence-electron chi connectivity index (χ3n) is 7.27. The molecule has 3 saturated carbocycles. The van der Waals surface area contributed by atoms with E-state index in [0.717, 1.165) is 32.1 Å². The molecule has 0 aromatic rings. The van der Waals surface area contributed by atoms with Gasteiger partial charge in [0.15, 0.2) is 5.78 Å². The van der Waals surface area contributed by atoms with Crippen molar-refractivity contribution in [3.63, 3.8) is 0 Å². The summed E-state index contributed by atoms with van der Waals surface area (Å²) < 4.78 is 0. The van der Waals surface area contributed by atoms with Crippen molar-refractivity contribution >= 4 is 11.6 Å². The third kappa shape index (κ3) is 1.65. The van der Waals surface area contributed by atoms with Crippen molar-refractivity contribution < 1.29 is 9.59 Å². The van der Waals surface area contributed by atoms with E-state index in [9.17, 15) is 9.59 Å². The Morgan fingerprint density at radius 3 is 2.67 bits per heavy atom. The third-order valence-corrected chi connectivity index (χ3v) is 7.27. The highest BCUT2D eigenvalue weighted by atomic mass is 16.1. The molecule has 0 saturated heterocycles. The van der Waals surface area contributed by atoms with Crippen LogP contribution in [0.2, 0.25) is 0 Å². The van der Waals surface area contributed by atoms with Crippen LogP contribution in [0.25, 0.3) is 0 Å². The minimum atomic E-state index is -0.0487. The maximum absolute atomic E-state index is 12.3. The van der Waals surface area contributed by atoms with Gasteiger partial charge in [-0.2, -0.15) is 0 Å². The monoisotopic (exact) mass is 284 g/mol. The molecule has 0 aromatic carbocycles. The number of fused-ring (bicyclic) bond motifs is 5. The molecule has 0 aliphatic heterocycles. The average molecular weight is 284 g/mol. The Bertz CT molecular complexity index is 584. The zero-order valence-electron chi connectivity index (χ0n) is 13.0. The normalized spacial score (nSPS) is 48.5. The molecular weight excluding hydrogens is 260 g/mol. The average Bonchev–Trinajstić information content (AvgIpc) is 2.76. The van der Waals surface area contributed by atoms with Gasteiger partial charge in [-0.3, -0.25) is 9.59 Å². The Morgan fingerprint density at radius 2 is 1.86 bits per heavy atom. The van der Waals surface area contributed by atoms with E-state index < -0.39 is 0 Å². The summed E-state index contributed by atoms with van der Waals surface area (Å²) in [6.07, 6.45) is 12.1. The SMILES string of the molecule is C[C@@]12C=CC(=O)C=C1CC[C@H]1[C@@H]2CC[C@]2(C)C(=O)CC[C@@H]12. The number of Topliss-reactive ketones (excluding diaryl/α,β-unsaturated/α-hetero) is 1. The van der Waals surface area contributed by atoms with Gasteiger partial charge in [0.1, 0.15) is 5.78 Å². The number of allylic oxidation sites excluding steroid dienone is 4. The minimum Gasteiger partial charge on any atom is -0.299 e. The van der Waals surface area contributed by atoms with Crippen LogP contribution in [0.3, 0.4) is 0 Å². The van der Waals surface area contributed by atoms with Crippen LogP contribution in [0.1, 0.15) is 52.4 Å². The summed E-state index contributed by atoms with van der Waals surface area (Å²) >= 11 is 0. The summed E-state index contributed by atoms with van der Waals surface area (Å²) in [7, 11) is 0. The maximum atomic E-state index is 12.3. The van der Waals surface area contributed by atoms with Crippen LogP contribution >= 0.6 is 0 Å². The zero-order chi connectivity index (χ0) is 14.8. The molecule has 112 valence electrons. The maximum Gasteiger partial charge on any atom is 0.178 e. The van der Waals surface area contributed by atoms with Crippen molar-refractivity contribution in [3.05, 3.63) is 23.8 Å². The van der Waals surface area contributed by atoms with Gasteiger partial charge in [-0.1, -0.05) is 25.5 Å². The number of ketones is 2. The molecule has 4 aliphatic carbocycles. The highest BCUT2D eigenvalue weighted by molar-refractivity contribution is 6.01. The lowest BCUT2D eigenvalue weighted by Gasteiger charge is -2.55. The molecule has 2 heteroatoms. The highest BCUT2D eigenvalue weighted by Crippen LogP contribution is 2.63. The Kier molecular flexibility index (Phi) is 2.68. The van der Waals surface area contributed by atoms with Gasteiger partial charge in [0, 0.05) is 17.3 Å². The van der Waals surface area contributed by atoms with Crippen molar-refractivity contribution in [1.29, 1.82) is 0 Å². The van der Waals surface area contributed by atoms with E-state index in [0.29, 0.717) is 23.5 Å². The number of hydrogen-bond donors (Lipinski definition) is 0. The van der Waals surface area contributed by atoms with E-state index >= 15 is 0 Å². The second kappa shape index (κ2) is 4.18. The zero-order valence-corrected chi connectivity index (χ0v) is 13.0. The first kappa shape index (κ1) is 13.5. The van der Waals surface area contributed by atoms with Crippen molar-refractivity contribution in [2.75, 3.05) is 0 Å². The topological polar surface area (TPSA) is 34.1 Å². The molecule has 0 bridgehead atoms. The molecular formula is C19H24O2. The molecule has 4 aliphatic rings. The smallest absolute Gasteiger partial charge is 0.178 e. The van der Waals surface area contributed by atoms with Crippen molar-refractivity contribution in [1.82, 2.24) is 0 Å². The van der Waals surface area contributed by atoms with Gasteiger partial charge in [0.05, 0.1) is 0 Å². The fraction of sp³-hybridized carbons (Fsp3) is 0.684. The lowest BCUT2D eigenvalue weighted by atomic mass is 9.48. The lowest BCUT2D eigenvalue weighted by molar-refractivity contribution is -0.131. The molecule has 5 atom stereocenters. The molecule has 0 spiro atoms. The number of carbonyl (C=O) groups excluding carboxylic acids is 2. The molecule has 3 fully saturated rings. The van der Waals surface area contributed by atoms with Gasteiger partial charge in [0.25, 0.3) is 0 Å². The number of hydrogen-bond acceptors (Lipinski definition) is 2. The standard InChI is InChI=1S/C19H24O2/c1-18-9-7-13(20)11-12(18)3-4-14-15-5-6-17(21)19(15,2)10-8-16(14)18/h7,9,11,14-16H,3-6,8,10H2,1-2H3/t14-,15+,16+,18-,19+/m1/s1. The Balaban J connectivity index is 1.72. The predicted molar refractivity (Wildman–Crippen MR) is 81.6 cm³/mol. The highest BCUT2D eigenvalue weighted by Gasteiger charge is 2.58. The molecule has 0 amide bonds. The fourth-order valence-electron chi connectivity index (χ4n) is 5.97. The molecule has 0 unspecified atom stereocenters. The van der Waals surface area contributed by atoms with Crippen LogP contribution in [0, 0.1) is 28.6 Å². The van der Waals surface area contributed by atoms with E-state index in [1.165, 1.54) is 12.0 Å². The summed E-state index contributed by atoms with van der Waals surface area (Å²) in [6.45, 7) is 4.54. The molecule has 0 N–H and O–H groups in total. The first-order valence-electron chi connectivity index (χ1n) is 8.43. The van der Waals surface area contributed by atoms with Gasteiger partial charge >= 0.3 is 0 Å². The largest absolute Gasteiger partial charge is 0.299 e. The Labute approximate surface area is 126 Å². The first-order chi connectivity index (χ1) is 9.95. The number of carbonyl (C=O) groups is 2. The van der Waals surface area contributed by atoms with Crippen LogP contribution in [0.4, 0.5) is 0 Å². The lowest BCUT2D eigenvalue weighted by Crippen LogP contribution is -2.49. The molecule has 0 aromatic heterocycles. The van der Waals surface area contributed by atoms with Crippen LogP contribution in [0.15, 0.2) is 23.8 Å². The molecule has 2 nitrogen and oxygen atoms in total. The van der Waals surface area contributed by atoms with Crippen molar-refractivity contribution in [2.45, 2.75) is 52.4 Å². The van der Waals surface area contributed by atoms with E-state index in [4.69, 9.17) is 0 Å². The number of rotatable bonds is 0. The summed E-state index contributed by atoms with van der Waals surface area (Å²) in [5.74, 6) is 2.51. The summed E-state index contributed by atoms with van der Waals surface area (Å²) in [5, 5.41) is 0. The van der Waals surface area contributed by atoms with Crippen LogP contribution in [0.5, 0.6) is 0 Å². The van der Waals surface area contributed by atoms with Gasteiger partial charge < -0.3 is 0 Å². The van der Waals surface area contributed by atoms with Gasteiger partial charge in [0.2, 0.25) is 0 Å². The molecule has 4 rings (SSSR count). The molecule has 21 heavy (non-hydrogen) atoms. The van der Waals surface area contributed by atoms with Crippen LogP contribution in [-0.2, 0) is 9.59 Å². The summed E-state index contributed by atoms with van der Waals surface area (Å²) in [6, 6.07) is 0. The molecule has 0 radical (unpaired) electrons. The van der Waals surface area contributed by atoms with Gasteiger partial charge in [-0.15, -0.1) is 0 Å². The van der Waals surface area contributed by atoms with Gasteiger partial charge in [-0.05, 0) is 62.0 Å². The van der Waals surface area contributed by atoms with Crippen LogP contribution < -0.4 is 0 Å². The first-order valence-corrected chi connectivity index (χ1v) is 8.43. The van der Waals surface area contributed by atoms with E-state index in [2.05, 4.69) is 19.9 Å².